The van der Waals surface area contributed by atoms with E-state index in [2.05, 4.69) is 16.0 Å². The largest absolute Gasteiger partial charge is 0.385 e. The Morgan fingerprint density at radius 1 is 0.968 bits per heavy atom. The van der Waals surface area contributed by atoms with Crippen LogP contribution < -0.4 is 16.0 Å². The van der Waals surface area contributed by atoms with Crippen molar-refractivity contribution in [3.8, 4) is 0 Å². The van der Waals surface area contributed by atoms with Crippen molar-refractivity contribution in [3.05, 3.63) is 58.1 Å². The first kappa shape index (κ1) is 19.6. The number of anilines is 2. The molecule has 31 heavy (non-hydrogen) atoms. The van der Waals surface area contributed by atoms with Crippen LogP contribution in [0.25, 0.3) is 0 Å². The van der Waals surface area contributed by atoms with Crippen LogP contribution in [0.15, 0.2) is 36.4 Å². The van der Waals surface area contributed by atoms with Gasteiger partial charge in [-0.25, -0.2) is 0 Å². The summed E-state index contributed by atoms with van der Waals surface area (Å²) in [6.45, 7) is 0.790. The molecule has 158 valence electrons. The number of amides is 4. The molecule has 5 rings (SSSR count). The maximum atomic E-state index is 13.0. The molecule has 0 radical (unpaired) electrons. The van der Waals surface area contributed by atoms with E-state index in [1.807, 2.05) is 18.2 Å². The van der Waals surface area contributed by atoms with Crippen LogP contribution in [0.3, 0.4) is 0 Å². The number of halogens is 1. The molecule has 8 nitrogen and oxygen atoms in total. The quantitative estimate of drug-likeness (QED) is 0.636. The maximum Gasteiger partial charge on any atom is 0.262 e. The lowest BCUT2D eigenvalue weighted by atomic mass is 9.97. The molecule has 3 N–H and O–H groups in total. The second-order valence-corrected chi connectivity index (χ2v) is 8.29. The summed E-state index contributed by atoms with van der Waals surface area (Å²) in [6, 6.07) is 9.70. The number of nitrogens with zero attached hydrogens (tertiary/aromatic N) is 1. The molecule has 4 amide bonds. The van der Waals surface area contributed by atoms with Gasteiger partial charge in [0.1, 0.15) is 6.04 Å². The highest BCUT2D eigenvalue weighted by Crippen LogP contribution is 2.36. The molecule has 3 heterocycles. The number of rotatable bonds is 3. The molecule has 1 saturated heterocycles. The van der Waals surface area contributed by atoms with Crippen LogP contribution in [0.2, 0.25) is 5.02 Å². The van der Waals surface area contributed by atoms with Crippen molar-refractivity contribution in [2.45, 2.75) is 31.3 Å². The van der Waals surface area contributed by atoms with E-state index in [1.165, 1.54) is 0 Å². The van der Waals surface area contributed by atoms with Crippen molar-refractivity contribution in [3.63, 3.8) is 0 Å². The van der Waals surface area contributed by atoms with Gasteiger partial charge in [0, 0.05) is 29.4 Å². The minimum Gasteiger partial charge on any atom is -0.385 e. The predicted molar refractivity (Wildman–Crippen MR) is 114 cm³/mol. The molecule has 2 aromatic carbocycles. The molecule has 0 aliphatic carbocycles. The molecule has 3 aliphatic rings. The van der Waals surface area contributed by atoms with Crippen molar-refractivity contribution in [1.29, 1.82) is 0 Å². The highest BCUT2D eigenvalue weighted by molar-refractivity contribution is 6.30. The normalized spacial score (nSPS) is 22.5. The number of carbonyl (C=O) groups is 4. The van der Waals surface area contributed by atoms with E-state index in [1.54, 1.807) is 18.2 Å². The third-order valence-corrected chi connectivity index (χ3v) is 6.15. The molecule has 0 spiro atoms. The summed E-state index contributed by atoms with van der Waals surface area (Å²) in [6.07, 6.45) is 1.04. The average Bonchev–Trinajstić information content (AvgIpc) is 2.99. The number of benzene rings is 2. The van der Waals surface area contributed by atoms with Crippen molar-refractivity contribution in [1.82, 2.24) is 10.2 Å². The molecule has 0 aromatic heterocycles. The fourth-order valence-electron chi connectivity index (χ4n) is 4.40. The van der Waals surface area contributed by atoms with Gasteiger partial charge in [0.05, 0.1) is 17.2 Å². The summed E-state index contributed by atoms with van der Waals surface area (Å²) in [5.41, 5.74) is 3.24. The van der Waals surface area contributed by atoms with Crippen LogP contribution in [-0.2, 0) is 9.59 Å². The summed E-state index contributed by atoms with van der Waals surface area (Å²) in [5, 5.41) is 9.62. The molecule has 3 aliphatic heterocycles. The Bertz CT molecular complexity index is 1150. The topological polar surface area (TPSA) is 108 Å². The van der Waals surface area contributed by atoms with E-state index in [0.29, 0.717) is 10.7 Å². The van der Waals surface area contributed by atoms with Gasteiger partial charge in [-0.3, -0.25) is 29.4 Å². The third kappa shape index (κ3) is 3.33. The molecule has 2 atom stereocenters. The first-order valence-corrected chi connectivity index (χ1v) is 10.5. The maximum absolute atomic E-state index is 13.0. The van der Waals surface area contributed by atoms with Crippen LogP contribution in [0, 0.1) is 0 Å². The van der Waals surface area contributed by atoms with Crippen LogP contribution in [-0.4, -0.2) is 41.1 Å². The molecule has 0 saturated carbocycles. The fourth-order valence-corrected chi connectivity index (χ4v) is 4.58. The number of hydrogen-bond acceptors (Lipinski definition) is 6. The van der Waals surface area contributed by atoms with Crippen LogP contribution >= 0.6 is 11.6 Å². The Hall–Kier alpha value is -3.39. The molecule has 0 bridgehead atoms. The zero-order chi connectivity index (χ0) is 21.7. The number of imide groups is 2. The summed E-state index contributed by atoms with van der Waals surface area (Å²) in [7, 11) is 0. The third-order valence-electron chi connectivity index (χ3n) is 5.92. The van der Waals surface area contributed by atoms with Crippen LogP contribution in [0.1, 0.15) is 51.6 Å². The summed E-state index contributed by atoms with van der Waals surface area (Å²) < 4.78 is 0. The lowest BCUT2D eigenvalue weighted by Crippen LogP contribution is -2.54. The van der Waals surface area contributed by atoms with Crippen molar-refractivity contribution in [2.24, 2.45) is 0 Å². The minimum atomic E-state index is -0.972. The first-order chi connectivity index (χ1) is 14.9. The van der Waals surface area contributed by atoms with Gasteiger partial charge in [-0.05, 0) is 54.8 Å². The predicted octanol–water partition coefficient (Wildman–Crippen LogP) is 2.71. The lowest BCUT2D eigenvalue weighted by Gasteiger charge is -2.28. The van der Waals surface area contributed by atoms with E-state index in [-0.39, 0.29) is 30.0 Å². The van der Waals surface area contributed by atoms with E-state index in [9.17, 15) is 19.2 Å². The number of piperidine rings is 1. The summed E-state index contributed by atoms with van der Waals surface area (Å²) in [4.78, 5) is 50.4. The number of fused-ring (bicyclic) bond motifs is 2. The van der Waals surface area contributed by atoms with E-state index in [4.69, 9.17) is 11.6 Å². The van der Waals surface area contributed by atoms with E-state index in [0.717, 1.165) is 29.1 Å². The van der Waals surface area contributed by atoms with Gasteiger partial charge in [-0.1, -0.05) is 11.6 Å². The van der Waals surface area contributed by atoms with Crippen LogP contribution in [0.4, 0.5) is 11.4 Å². The highest BCUT2D eigenvalue weighted by Gasteiger charge is 2.44. The number of carbonyl (C=O) groups excluding carboxylic acids is 4. The minimum absolute atomic E-state index is 0.00792. The molecule has 2 aromatic rings. The van der Waals surface area contributed by atoms with Crippen molar-refractivity contribution in [2.75, 3.05) is 17.2 Å². The Morgan fingerprint density at radius 3 is 2.58 bits per heavy atom. The van der Waals surface area contributed by atoms with Crippen LogP contribution in [0.5, 0.6) is 0 Å². The van der Waals surface area contributed by atoms with Gasteiger partial charge in [-0.2, -0.15) is 0 Å². The smallest absolute Gasteiger partial charge is 0.262 e. The Labute approximate surface area is 182 Å². The first-order valence-electron chi connectivity index (χ1n) is 10.1. The Balaban J connectivity index is 1.41. The standard InChI is InChI=1S/C22H19ClN4O4/c23-11-1-4-16-15(9-11)17(7-8-24-16)25-12-2-3-13-14(10-12)22(31)27(21(13)30)18-5-6-19(28)26-20(18)29/h1-4,9-10,17-18,24-25H,5-8H2,(H,26,28,29). The van der Waals surface area contributed by atoms with Crippen molar-refractivity contribution < 1.29 is 19.2 Å². The lowest BCUT2D eigenvalue weighted by molar-refractivity contribution is -0.136. The fraction of sp³-hybridized carbons (Fsp3) is 0.273. The summed E-state index contributed by atoms with van der Waals surface area (Å²) in [5.74, 6) is -2.05. The van der Waals surface area contributed by atoms with E-state index >= 15 is 0 Å². The van der Waals surface area contributed by atoms with Crippen molar-refractivity contribution >= 4 is 46.6 Å². The van der Waals surface area contributed by atoms with Gasteiger partial charge >= 0.3 is 0 Å². The molecular formula is C22H19ClN4O4. The monoisotopic (exact) mass is 438 g/mol. The Kier molecular flexibility index (Phi) is 4.66. The molecule has 1 fully saturated rings. The second-order valence-electron chi connectivity index (χ2n) is 7.85. The highest BCUT2D eigenvalue weighted by atomic mass is 35.5. The second kappa shape index (κ2) is 7.39. The molecular weight excluding hydrogens is 420 g/mol. The van der Waals surface area contributed by atoms with Gasteiger partial charge in [0.15, 0.2) is 0 Å². The zero-order valence-corrected chi connectivity index (χ0v) is 17.2. The van der Waals surface area contributed by atoms with Gasteiger partial charge in [-0.15, -0.1) is 0 Å². The number of hydrogen-bond donors (Lipinski definition) is 3. The zero-order valence-electron chi connectivity index (χ0n) is 16.4. The van der Waals surface area contributed by atoms with Gasteiger partial charge in [0.2, 0.25) is 11.8 Å². The molecule has 9 heteroatoms. The van der Waals surface area contributed by atoms with Gasteiger partial charge in [0.25, 0.3) is 11.8 Å². The SMILES string of the molecule is O=C1CCC(N2C(=O)c3ccc(NC4CCNc5ccc(Cl)cc54)cc3C2=O)C(=O)N1. The molecule has 2 unspecified atom stereocenters. The van der Waals surface area contributed by atoms with Gasteiger partial charge < -0.3 is 10.6 Å². The Morgan fingerprint density at radius 2 is 1.77 bits per heavy atom. The van der Waals surface area contributed by atoms with E-state index < -0.39 is 29.7 Å². The number of nitrogens with one attached hydrogen (secondary N) is 3. The average molecular weight is 439 g/mol. The summed E-state index contributed by atoms with van der Waals surface area (Å²) >= 11 is 6.17.